The average Bonchev–Trinajstić information content (AvgIpc) is 2.63. The lowest BCUT2D eigenvalue weighted by atomic mass is 10.00. The Bertz CT molecular complexity index is 579. The highest BCUT2D eigenvalue weighted by Gasteiger charge is 2.15. The number of carboxylic acids is 1. The van der Waals surface area contributed by atoms with Crippen LogP contribution in [0.5, 0.6) is 0 Å². The van der Waals surface area contributed by atoms with E-state index in [0.717, 1.165) is 16.7 Å². The molecule has 0 aliphatic rings. The molecule has 0 spiro atoms. The topological polar surface area (TPSA) is 76.2 Å². The highest BCUT2D eigenvalue weighted by atomic mass is 16.4. The van der Waals surface area contributed by atoms with Crippen molar-refractivity contribution >= 4 is 5.97 Å². The molecule has 2 rings (SSSR count). The van der Waals surface area contributed by atoms with Gasteiger partial charge in [-0.2, -0.15) is 0 Å². The van der Waals surface area contributed by atoms with Gasteiger partial charge in [-0.1, -0.05) is 17.7 Å². The summed E-state index contributed by atoms with van der Waals surface area (Å²) in [6.45, 7) is 5.96. The van der Waals surface area contributed by atoms with Crippen LogP contribution in [0.1, 0.15) is 22.6 Å². The van der Waals surface area contributed by atoms with Crippen LogP contribution in [0.3, 0.4) is 0 Å². The molecule has 0 aliphatic carbocycles. The number of aryl methyl sites for hydroxylation is 3. The largest absolute Gasteiger partial charge is 0.481 e. The minimum atomic E-state index is -0.984. The van der Waals surface area contributed by atoms with E-state index in [4.69, 9.17) is 9.52 Å². The second-order valence-electron chi connectivity index (χ2n) is 4.35. The number of nitrogens with zero attached hydrogens (tertiary/aromatic N) is 2. The SMILES string of the molecule is Cc1cc(C)c(-c2nnc(CC(=O)O)o2)c(C)c1. The molecule has 1 N–H and O–H groups in total. The predicted octanol–water partition coefficient (Wildman–Crippen LogP) is 2.29. The summed E-state index contributed by atoms with van der Waals surface area (Å²) in [4.78, 5) is 10.6. The first-order chi connectivity index (χ1) is 8.47. The van der Waals surface area contributed by atoms with Gasteiger partial charge in [-0.15, -0.1) is 10.2 Å². The molecule has 1 aromatic carbocycles. The Morgan fingerprint density at radius 1 is 1.22 bits per heavy atom. The number of rotatable bonds is 3. The Kier molecular flexibility index (Phi) is 3.14. The van der Waals surface area contributed by atoms with Crippen LogP contribution in [0.4, 0.5) is 0 Å². The summed E-state index contributed by atoms with van der Waals surface area (Å²) < 4.78 is 5.38. The van der Waals surface area contributed by atoms with Crippen LogP contribution >= 0.6 is 0 Å². The van der Waals surface area contributed by atoms with Gasteiger partial charge < -0.3 is 9.52 Å². The van der Waals surface area contributed by atoms with Crippen molar-refractivity contribution in [2.45, 2.75) is 27.2 Å². The Hall–Kier alpha value is -2.17. The Balaban J connectivity index is 2.43. The van der Waals surface area contributed by atoms with E-state index in [1.165, 1.54) is 5.56 Å². The minimum absolute atomic E-state index is 0.122. The van der Waals surface area contributed by atoms with Gasteiger partial charge in [0.2, 0.25) is 11.8 Å². The zero-order chi connectivity index (χ0) is 13.3. The molecule has 5 heteroatoms. The molecule has 5 nitrogen and oxygen atoms in total. The van der Waals surface area contributed by atoms with Gasteiger partial charge in [0.15, 0.2) is 0 Å². The molecule has 0 unspecified atom stereocenters. The lowest BCUT2D eigenvalue weighted by Crippen LogP contribution is -1.99. The zero-order valence-corrected chi connectivity index (χ0v) is 10.5. The van der Waals surface area contributed by atoms with Gasteiger partial charge in [-0.3, -0.25) is 4.79 Å². The minimum Gasteiger partial charge on any atom is -0.481 e. The van der Waals surface area contributed by atoms with Crippen LogP contribution in [-0.2, 0) is 11.2 Å². The molecule has 0 radical (unpaired) electrons. The molecule has 1 aromatic heterocycles. The molecular formula is C13H14N2O3. The molecular weight excluding hydrogens is 232 g/mol. The highest BCUT2D eigenvalue weighted by Crippen LogP contribution is 2.27. The van der Waals surface area contributed by atoms with Crippen LogP contribution in [0.2, 0.25) is 0 Å². The van der Waals surface area contributed by atoms with Gasteiger partial charge >= 0.3 is 5.97 Å². The fraction of sp³-hybridized carbons (Fsp3) is 0.308. The summed E-state index contributed by atoms with van der Waals surface area (Å²) in [6, 6.07) is 4.06. The maximum Gasteiger partial charge on any atom is 0.312 e. The van der Waals surface area contributed by atoms with Crippen LogP contribution < -0.4 is 0 Å². The molecule has 0 bridgehead atoms. The predicted molar refractivity (Wildman–Crippen MR) is 65.3 cm³/mol. The molecule has 0 aliphatic heterocycles. The van der Waals surface area contributed by atoms with E-state index in [-0.39, 0.29) is 12.3 Å². The van der Waals surface area contributed by atoms with Crippen LogP contribution in [0.25, 0.3) is 11.5 Å². The van der Waals surface area contributed by atoms with Crippen LogP contribution in [-0.4, -0.2) is 21.3 Å². The normalized spacial score (nSPS) is 10.6. The molecule has 0 fully saturated rings. The average molecular weight is 246 g/mol. The third-order valence-corrected chi connectivity index (χ3v) is 2.66. The number of hydrogen-bond acceptors (Lipinski definition) is 4. The van der Waals surface area contributed by atoms with E-state index in [0.29, 0.717) is 5.89 Å². The second kappa shape index (κ2) is 4.60. The molecule has 18 heavy (non-hydrogen) atoms. The van der Waals surface area contributed by atoms with Gasteiger partial charge in [0.1, 0.15) is 6.42 Å². The summed E-state index contributed by atoms with van der Waals surface area (Å²) >= 11 is 0. The number of aliphatic carboxylic acids is 1. The van der Waals surface area contributed by atoms with Gasteiger partial charge in [-0.25, -0.2) is 0 Å². The lowest BCUT2D eigenvalue weighted by Gasteiger charge is -2.06. The van der Waals surface area contributed by atoms with E-state index in [1.54, 1.807) is 0 Å². The molecule has 0 saturated carbocycles. The summed E-state index contributed by atoms with van der Waals surface area (Å²) in [5.41, 5.74) is 4.12. The number of hydrogen-bond donors (Lipinski definition) is 1. The van der Waals surface area contributed by atoms with Crippen molar-refractivity contribution in [3.63, 3.8) is 0 Å². The van der Waals surface area contributed by atoms with Crippen LogP contribution in [0, 0.1) is 20.8 Å². The fourth-order valence-corrected chi connectivity index (χ4v) is 2.07. The Labute approximate surface area is 104 Å². The van der Waals surface area contributed by atoms with E-state index in [9.17, 15) is 4.79 Å². The number of carboxylic acid groups (broad SMARTS) is 1. The van der Waals surface area contributed by atoms with Crippen molar-refractivity contribution in [2.24, 2.45) is 0 Å². The van der Waals surface area contributed by atoms with Crippen molar-refractivity contribution in [3.05, 3.63) is 34.7 Å². The van der Waals surface area contributed by atoms with Crippen LogP contribution in [0.15, 0.2) is 16.5 Å². The van der Waals surface area contributed by atoms with Gasteiger partial charge in [-0.05, 0) is 31.9 Å². The van der Waals surface area contributed by atoms with E-state index in [1.807, 2.05) is 32.9 Å². The molecule has 1 heterocycles. The number of carbonyl (C=O) groups is 1. The van der Waals surface area contributed by atoms with Crippen molar-refractivity contribution in [1.29, 1.82) is 0 Å². The van der Waals surface area contributed by atoms with Crippen molar-refractivity contribution in [1.82, 2.24) is 10.2 Å². The maximum atomic E-state index is 10.6. The van der Waals surface area contributed by atoms with Gasteiger partial charge in [0, 0.05) is 5.56 Å². The first-order valence-corrected chi connectivity index (χ1v) is 5.60. The Morgan fingerprint density at radius 3 is 2.39 bits per heavy atom. The quantitative estimate of drug-likeness (QED) is 0.899. The van der Waals surface area contributed by atoms with E-state index < -0.39 is 5.97 Å². The monoisotopic (exact) mass is 246 g/mol. The summed E-state index contributed by atoms with van der Waals surface area (Å²) in [6.07, 6.45) is -0.253. The zero-order valence-electron chi connectivity index (χ0n) is 10.5. The summed E-state index contributed by atoms with van der Waals surface area (Å²) in [5, 5.41) is 16.3. The first-order valence-electron chi connectivity index (χ1n) is 5.60. The van der Waals surface area contributed by atoms with Crippen molar-refractivity contribution < 1.29 is 14.3 Å². The third-order valence-electron chi connectivity index (χ3n) is 2.66. The molecule has 2 aromatic rings. The van der Waals surface area contributed by atoms with E-state index in [2.05, 4.69) is 10.2 Å². The van der Waals surface area contributed by atoms with Crippen molar-refractivity contribution in [3.8, 4) is 11.5 Å². The summed E-state index contributed by atoms with van der Waals surface area (Å²) in [5.74, 6) is -0.485. The number of benzene rings is 1. The molecule has 0 saturated heterocycles. The lowest BCUT2D eigenvalue weighted by molar-refractivity contribution is -0.136. The molecule has 0 amide bonds. The van der Waals surface area contributed by atoms with Gasteiger partial charge in [0.25, 0.3) is 0 Å². The Morgan fingerprint density at radius 2 is 1.83 bits per heavy atom. The highest BCUT2D eigenvalue weighted by molar-refractivity contribution is 5.69. The molecule has 0 atom stereocenters. The molecule has 94 valence electrons. The second-order valence-corrected chi connectivity index (χ2v) is 4.35. The van der Waals surface area contributed by atoms with Crippen molar-refractivity contribution in [2.75, 3.05) is 0 Å². The van der Waals surface area contributed by atoms with E-state index >= 15 is 0 Å². The fourth-order valence-electron chi connectivity index (χ4n) is 2.07. The standard InChI is InChI=1S/C13H14N2O3/c1-7-4-8(2)12(9(3)5-7)13-15-14-10(18-13)6-11(16)17/h4-5H,6H2,1-3H3,(H,16,17). The van der Waals surface area contributed by atoms with Gasteiger partial charge in [0.05, 0.1) is 0 Å². The smallest absolute Gasteiger partial charge is 0.312 e. The first kappa shape index (κ1) is 12.3. The number of aromatic nitrogens is 2. The maximum absolute atomic E-state index is 10.6. The third kappa shape index (κ3) is 2.40. The summed E-state index contributed by atoms with van der Waals surface area (Å²) in [7, 11) is 0.